The average molecular weight is 296 g/mol. The molecule has 3 rings (SSSR count). The molecule has 0 aromatic carbocycles. The quantitative estimate of drug-likeness (QED) is 0.782. The molecule has 0 saturated heterocycles. The van der Waals surface area contributed by atoms with Crippen LogP contribution in [0.2, 0.25) is 0 Å². The molecule has 2 aromatic heterocycles. The van der Waals surface area contributed by atoms with Gasteiger partial charge in [-0.3, -0.25) is 19.6 Å². The van der Waals surface area contributed by atoms with E-state index < -0.39 is 23.1 Å². The number of ketones is 2. The second-order valence-corrected chi connectivity index (χ2v) is 4.26. The summed E-state index contributed by atoms with van der Waals surface area (Å²) >= 11 is 0. The fourth-order valence-corrected chi connectivity index (χ4v) is 1.63. The van der Waals surface area contributed by atoms with Gasteiger partial charge in [-0.1, -0.05) is 0 Å². The highest BCUT2D eigenvalue weighted by Gasteiger charge is 2.17. The van der Waals surface area contributed by atoms with Crippen molar-refractivity contribution in [3.8, 4) is 11.1 Å². The van der Waals surface area contributed by atoms with Crippen LogP contribution in [0.1, 0.15) is 0 Å². The molecule has 0 spiro atoms. The van der Waals surface area contributed by atoms with Gasteiger partial charge in [0, 0.05) is 36.9 Å². The topological polar surface area (TPSA) is 100 Å². The summed E-state index contributed by atoms with van der Waals surface area (Å²) in [5, 5.41) is 17.2. The monoisotopic (exact) mass is 296 g/mol. The standard InChI is InChI=1S/C10H8N2.C6H4O4/c1-5-11-6-2-9(1)10-3-7-12-8-4-10;7-3-1-4(8)6(10)2-5(3)9/h1-8H;1-2,7,10H. The molecular weight excluding hydrogens is 284 g/mol. The van der Waals surface area contributed by atoms with Crippen molar-refractivity contribution in [3.05, 3.63) is 72.7 Å². The highest BCUT2D eigenvalue weighted by Crippen LogP contribution is 2.15. The molecule has 0 saturated carbocycles. The number of aromatic nitrogens is 2. The molecule has 0 aliphatic heterocycles. The second kappa shape index (κ2) is 6.94. The number of carbonyl (C=O) groups excluding carboxylic acids is 2. The van der Waals surface area contributed by atoms with Crippen molar-refractivity contribution >= 4 is 11.6 Å². The van der Waals surface area contributed by atoms with Gasteiger partial charge >= 0.3 is 0 Å². The molecule has 2 heterocycles. The summed E-state index contributed by atoms with van der Waals surface area (Å²) in [7, 11) is 0. The molecule has 2 N–H and O–H groups in total. The van der Waals surface area contributed by atoms with Crippen molar-refractivity contribution < 1.29 is 19.8 Å². The van der Waals surface area contributed by atoms with E-state index in [2.05, 4.69) is 9.97 Å². The fraction of sp³-hybridized carbons (Fsp3) is 0. The molecule has 6 heteroatoms. The van der Waals surface area contributed by atoms with E-state index in [4.69, 9.17) is 10.2 Å². The molecule has 0 fully saturated rings. The van der Waals surface area contributed by atoms with Crippen molar-refractivity contribution in [1.82, 2.24) is 9.97 Å². The van der Waals surface area contributed by atoms with Crippen LogP contribution in [0.15, 0.2) is 72.7 Å². The van der Waals surface area contributed by atoms with Gasteiger partial charge in [0.1, 0.15) is 0 Å². The van der Waals surface area contributed by atoms with Gasteiger partial charge in [0.15, 0.2) is 11.5 Å². The largest absolute Gasteiger partial charge is 0.504 e. The summed E-state index contributed by atoms with van der Waals surface area (Å²) in [6.07, 6.45) is 8.51. The third kappa shape index (κ3) is 3.86. The molecule has 110 valence electrons. The first kappa shape index (κ1) is 15.1. The maximum absolute atomic E-state index is 10.4. The Kier molecular flexibility index (Phi) is 4.77. The van der Waals surface area contributed by atoms with Gasteiger partial charge in [-0.2, -0.15) is 0 Å². The van der Waals surface area contributed by atoms with Crippen LogP contribution < -0.4 is 0 Å². The van der Waals surface area contributed by atoms with Crippen LogP contribution in [0.5, 0.6) is 0 Å². The molecule has 0 atom stereocenters. The zero-order valence-electron chi connectivity index (χ0n) is 11.4. The maximum Gasteiger partial charge on any atom is 0.224 e. The number of hydrogen-bond donors (Lipinski definition) is 2. The minimum absolute atomic E-state index is 0.636. The second-order valence-electron chi connectivity index (χ2n) is 4.26. The lowest BCUT2D eigenvalue weighted by molar-refractivity contribution is -0.118. The molecule has 0 radical (unpaired) electrons. The molecule has 2 aromatic rings. The Bertz CT molecular complexity index is 672. The summed E-state index contributed by atoms with van der Waals surface area (Å²) in [6, 6.07) is 7.93. The number of nitrogens with zero attached hydrogens (tertiary/aromatic N) is 2. The highest BCUT2D eigenvalue weighted by molar-refractivity contribution is 6.17. The van der Waals surface area contributed by atoms with E-state index in [0.29, 0.717) is 12.2 Å². The summed E-state index contributed by atoms with van der Waals surface area (Å²) in [4.78, 5) is 28.8. The minimum Gasteiger partial charge on any atom is -0.504 e. The van der Waals surface area contributed by atoms with E-state index in [9.17, 15) is 9.59 Å². The number of allylic oxidation sites excluding steroid dienone is 2. The lowest BCUT2D eigenvalue weighted by atomic mass is 10.1. The molecular formula is C16H12N2O4. The van der Waals surface area contributed by atoms with E-state index in [-0.39, 0.29) is 0 Å². The van der Waals surface area contributed by atoms with Gasteiger partial charge in [0.05, 0.1) is 0 Å². The van der Waals surface area contributed by atoms with Crippen molar-refractivity contribution in [1.29, 1.82) is 0 Å². The smallest absolute Gasteiger partial charge is 0.224 e. The predicted octanol–water partition coefficient (Wildman–Crippen LogP) is 2.17. The number of aliphatic hydroxyl groups excluding tert-OH is 2. The lowest BCUT2D eigenvalue weighted by Gasteiger charge is -2.00. The Morgan fingerprint density at radius 3 is 1.27 bits per heavy atom. The Morgan fingerprint density at radius 2 is 0.955 bits per heavy atom. The number of pyridine rings is 2. The third-order valence-corrected chi connectivity index (χ3v) is 2.73. The molecule has 6 nitrogen and oxygen atoms in total. The molecule has 0 amide bonds. The first-order valence-electron chi connectivity index (χ1n) is 6.28. The molecule has 0 bridgehead atoms. The average Bonchev–Trinajstić information content (AvgIpc) is 2.55. The van der Waals surface area contributed by atoms with Crippen molar-refractivity contribution in [2.24, 2.45) is 0 Å². The summed E-state index contributed by atoms with van der Waals surface area (Å²) in [6.45, 7) is 0. The van der Waals surface area contributed by atoms with Crippen LogP contribution in [-0.4, -0.2) is 31.7 Å². The van der Waals surface area contributed by atoms with Gasteiger partial charge in [0.25, 0.3) is 0 Å². The highest BCUT2D eigenvalue weighted by atomic mass is 16.3. The van der Waals surface area contributed by atoms with E-state index in [1.165, 1.54) is 11.1 Å². The predicted molar refractivity (Wildman–Crippen MR) is 78.9 cm³/mol. The van der Waals surface area contributed by atoms with Crippen molar-refractivity contribution in [2.75, 3.05) is 0 Å². The number of hydrogen-bond acceptors (Lipinski definition) is 6. The molecule has 0 unspecified atom stereocenters. The van der Waals surface area contributed by atoms with E-state index >= 15 is 0 Å². The summed E-state index contributed by atoms with van der Waals surface area (Å²) in [5.41, 5.74) is 2.35. The van der Waals surface area contributed by atoms with E-state index in [0.717, 1.165) is 0 Å². The van der Waals surface area contributed by atoms with Crippen LogP contribution >= 0.6 is 0 Å². The Balaban J connectivity index is 0.000000164. The normalized spacial score (nSPS) is 13.6. The maximum atomic E-state index is 10.4. The number of carbonyl (C=O) groups is 2. The summed E-state index contributed by atoms with van der Waals surface area (Å²) < 4.78 is 0. The number of aliphatic hydroxyl groups is 2. The first-order valence-corrected chi connectivity index (χ1v) is 6.28. The Labute approximate surface area is 126 Å². The SMILES string of the molecule is O=C1C=C(O)C(=O)C=C1O.c1cc(-c2ccncc2)ccn1. The van der Waals surface area contributed by atoms with Crippen molar-refractivity contribution in [2.45, 2.75) is 0 Å². The van der Waals surface area contributed by atoms with Gasteiger partial charge in [0.2, 0.25) is 11.6 Å². The fourth-order valence-electron chi connectivity index (χ4n) is 1.63. The van der Waals surface area contributed by atoms with Gasteiger partial charge in [-0.05, 0) is 35.4 Å². The molecule has 22 heavy (non-hydrogen) atoms. The van der Waals surface area contributed by atoms with Crippen LogP contribution in [0.4, 0.5) is 0 Å². The van der Waals surface area contributed by atoms with Gasteiger partial charge in [-0.15, -0.1) is 0 Å². The van der Waals surface area contributed by atoms with Gasteiger partial charge < -0.3 is 10.2 Å². The Morgan fingerprint density at radius 1 is 0.636 bits per heavy atom. The van der Waals surface area contributed by atoms with Crippen LogP contribution in [0.25, 0.3) is 11.1 Å². The summed E-state index contributed by atoms with van der Waals surface area (Å²) in [5.74, 6) is -2.78. The molecule has 1 aliphatic rings. The third-order valence-electron chi connectivity index (χ3n) is 2.73. The Hall–Kier alpha value is -3.28. The van der Waals surface area contributed by atoms with Crippen LogP contribution in [0.3, 0.4) is 0 Å². The van der Waals surface area contributed by atoms with Gasteiger partial charge in [-0.25, -0.2) is 0 Å². The van der Waals surface area contributed by atoms with Crippen LogP contribution in [0, 0.1) is 0 Å². The van der Waals surface area contributed by atoms with Crippen molar-refractivity contribution in [3.63, 3.8) is 0 Å². The zero-order valence-corrected chi connectivity index (χ0v) is 11.4. The minimum atomic E-state index is -0.753. The zero-order chi connectivity index (χ0) is 15.9. The number of rotatable bonds is 1. The lowest BCUT2D eigenvalue weighted by Crippen LogP contribution is -2.12. The van der Waals surface area contributed by atoms with E-state index in [1.54, 1.807) is 24.8 Å². The van der Waals surface area contributed by atoms with E-state index in [1.807, 2.05) is 24.3 Å². The molecule has 1 aliphatic carbocycles. The first-order chi connectivity index (χ1) is 10.6. The van der Waals surface area contributed by atoms with Crippen LogP contribution in [-0.2, 0) is 9.59 Å².